The smallest absolute Gasteiger partial charge is 0.0431 e. The molecule has 0 aliphatic rings. The average molecular weight is 198 g/mol. The number of aliphatic hydroxyl groups is 2. The van der Waals surface area contributed by atoms with E-state index in [0.29, 0.717) is 13.2 Å². The minimum absolute atomic E-state index is 0. The Kier molecular flexibility index (Phi) is 16.8. The second kappa shape index (κ2) is 13.7. The first-order valence-corrected chi connectivity index (χ1v) is 4.34. The molecule has 0 aromatic carbocycles. The molecule has 76 valence electrons. The molecule has 0 aromatic heterocycles. The normalized spacial score (nSPS) is 9.50. The lowest BCUT2D eigenvalue weighted by atomic mass is 10.3. The zero-order chi connectivity index (χ0) is 8.36. The Morgan fingerprint density at radius 1 is 0.750 bits per heavy atom. The molecular formula is C8H20ClNO2. The van der Waals surface area contributed by atoms with Crippen molar-refractivity contribution in [2.75, 3.05) is 26.3 Å². The van der Waals surface area contributed by atoms with Crippen molar-refractivity contribution in [2.45, 2.75) is 25.7 Å². The van der Waals surface area contributed by atoms with Gasteiger partial charge in [-0.05, 0) is 38.8 Å². The summed E-state index contributed by atoms with van der Waals surface area (Å²) < 4.78 is 0. The first kappa shape index (κ1) is 14.7. The van der Waals surface area contributed by atoms with Gasteiger partial charge in [0.2, 0.25) is 0 Å². The molecule has 0 amide bonds. The molecule has 0 heterocycles. The number of hydrogen-bond acceptors (Lipinski definition) is 3. The van der Waals surface area contributed by atoms with Gasteiger partial charge in [-0.25, -0.2) is 0 Å². The van der Waals surface area contributed by atoms with Crippen LogP contribution in [0.25, 0.3) is 0 Å². The Morgan fingerprint density at radius 2 is 1.17 bits per heavy atom. The SMILES string of the molecule is Cl.OCCCCNCCCCO. The number of hydrogen-bond donors (Lipinski definition) is 3. The molecule has 0 rings (SSSR count). The van der Waals surface area contributed by atoms with E-state index < -0.39 is 0 Å². The maximum absolute atomic E-state index is 8.45. The van der Waals surface area contributed by atoms with Crippen LogP contribution in [0.3, 0.4) is 0 Å². The van der Waals surface area contributed by atoms with Crippen molar-refractivity contribution >= 4 is 12.4 Å². The summed E-state index contributed by atoms with van der Waals surface area (Å²) in [5.74, 6) is 0. The van der Waals surface area contributed by atoms with Crippen LogP contribution in [-0.4, -0.2) is 36.5 Å². The van der Waals surface area contributed by atoms with Gasteiger partial charge in [-0.2, -0.15) is 0 Å². The van der Waals surface area contributed by atoms with Crippen LogP contribution in [0.5, 0.6) is 0 Å². The van der Waals surface area contributed by atoms with Crippen molar-refractivity contribution in [1.29, 1.82) is 0 Å². The van der Waals surface area contributed by atoms with E-state index in [2.05, 4.69) is 5.32 Å². The Morgan fingerprint density at radius 3 is 1.50 bits per heavy atom. The highest BCUT2D eigenvalue weighted by Crippen LogP contribution is 1.86. The molecule has 12 heavy (non-hydrogen) atoms. The van der Waals surface area contributed by atoms with Crippen LogP contribution >= 0.6 is 12.4 Å². The van der Waals surface area contributed by atoms with E-state index in [-0.39, 0.29) is 12.4 Å². The van der Waals surface area contributed by atoms with Crippen molar-refractivity contribution in [3.8, 4) is 0 Å². The highest BCUT2D eigenvalue weighted by molar-refractivity contribution is 5.85. The third-order valence-corrected chi connectivity index (χ3v) is 1.52. The fourth-order valence-electron chi connectivity index (χ4n) is 0.849. The van der Waals surface area contributed by atoms with Gasteiger partial charge in [-0.3, -0.25) is 0 Å². The first-order valence-electron chi connectivity index (χ1n) is 4.34. The van der Waals surface area contributed by atoms with Gasteiger partial charge in [0.15, 0.2) is 0 Å². The van der Waals surface area contributed by atoms with Crippen LogP contribution in [-0.2, 0) is 0 Å². The van der Waals surface area contributed by atoms with E-state index in [9.17, 15) is 0 Å². The van der Waals surface area contributed by atoms with Crippen LogP contribution in [0.2, 0.25) is 0 Å². The van der Waals surface area contributed by atoms with Gasteiger partial charge in [-0.1, -0.05) is 0 Å². The summed E-state index contributed by atoms with van der Waals surface area (Å²) in [5.41, 5.74) is 0. The molecule has 3 nitrogen and oxygen atoms in total. The summed E-state index contributed by atoms with van der Waals surface area (Å²) in [6.45, 7) is 2.54. The molecule has 0 fully saturated rings. The molecule has 0 aromatic rings. The van der Waals surface area contributed by atoms with E-state index in [1.807, 2.05) is 0 Å². The maximum Gasteiger partial charge on any atom is 0.0431 e. The lowest BCUT2D eigenvalue weighted by Gasteiger charge is -2.01. The average Bonchev–Trinajstić information content (AvgIpc) is 2.03. The van der Waals surface area contributed by atoms with Gasteiger partial charge >= 0.3 is 0 Å². The van der Waals surface area contributed by atoms with Crippen LogP contribution in [0, 0.1) is 0 Å². The Balaban J connectivity index is 0. The molecule has 3 N–H and O–H groups in total. The van der Waals surface area contributed by atoms with Gasteiger partial charge in [-0.15, -0.1) is 12.4 Å². The second-order valence-corrected chi connectivity index (χ2v) is 2.61. The van der Waals surface area contributed by atoms with Gasteiger partial charge in [0.25, 0.3) is 0 Å². The number of halogens is 1. The second-order valence-electron chi connectivity index (χ2n) is 2.61. The number of unbranched alkanes of at least 4 members (excludes halogenated alkanes) is 2. The fourth-order valence-corrected chi connectivity index (χ4v) is 0.849. The predicted octanol–water partition coefficient (Wildman–Crippen LogP) is 0.543. The molecular weight excluding hydrogens is 178 g/mol. The van der Waals surface area contributed by atoms with E-state index in [1.165, 1.54) is 0 Å². The minimum Gasteiger partial charge on any atom is -0.396 e. The Labute approximate surface area is 80.6 Å². The molecule has 0 saturated heterocycles. The molecule has 0 aliphatic carbocycles. The van der Waals surface area contributed by atoms with Crippen molar-refractivity contribution < 1.29 is 10.2 Å². The summed E-state index contributed by atoms with van der Waals surface area (Å²) in [5, 5.41) is 20.1. The molecule has 0 aliphatic heterocycles. The number of rotatable bonds is 8. The molecule has 0 saturated carbocycles. The summed E-state index contributed by atoms with van der Waals surface area (Å²) in [4.78, 5) is 0. The first-order chi connectivity index (χ1) is 5.41. The highest BCUT2D eigenvalue weighted by atomic mass is 35.5. The zero-order valence-corrected chi connectivity index (χ0v) is 8.28. The lowest BCUT2D eigenvalue weighted by Crippen LogP contribution is -2.17. The van der Waals surface area contributed by atoms with Crippen LogP contribution in [0.4, 0.5) is 0 Å². The number of aliphatic hydroxyl groups excluding tert-OH is 2. The van der Waals surface area contributed by atoms with E-state index in [1.54, 1.807) is 0 Å². The topological polar surface area (TPSA) is 52.5 Å². The van der Waals surface area contributed by atoms with E-state index in [4.69, 9.17) is 10.2 Å². The van der Waals surface area contributed by atoms with Crippen molar-refractivity contribution in [3.05, 3.63) is 0 Å². The minimum atomic E-state index is 0. The maximum atomic E-state index is 8.45. The quantitative estimate of drug-likeness (QED) is 0.498. The van der Waals surface area contributed by atoms with Crippen LogP contribution < -0.4 is 5.32 Å². The lowest BCUT2D eigenvalue weighted by molar-refractivity contribution is 0.280. The number of nitrogens with one attached hydrogen (secondary N) is 1. The summed E-state index contributed by atoms with van der Waals surface area (Å²) >= 11 is 0. The monoisotopic (exact) mass is 197 g/mol. The van der Waals surface area contributed by atoms with Gasteiger partial charge < -0.3 is 15.5 Å². The molecule has 0 bridgehead atoms. The van der Waals surface area contributed by atoms with Gasteiger partial charge in [0.1, 0.15) is 0 Å². The van der Waals surface area contributed by atoms with E-state index >= 15 is 0 Å². The van der Waals surface area contributed by atoms with Crippen molar-refractivity contribution in [1.82, 2.24) is 5.32 Å². The summed E-state index contributed by atoms with van der Waals surface area (Å²) in [7, 11) is 0. The molecule has 4 heteroatoms. The third-order valence-electron chi connectivity index (χ3n) is 1.52. The Hall–Kier alpha value is 0.170. The standard InChI is InChI=1S/C8H19NO2.ClH/c10-7-3-1-5-9-6-2-4-8-11;/h9-11H,1-8H2;1H. The van der Waals surface area contributed by atoms with Crippen LogP contribution in [0.15, 0.2) is 0 Å². The summed E-state index contributed by atoms with van der Waals surface area (Å²) in [6.07, 6.45) is 3.84. The molecule has 0 spiro atoms. The molecule has 0 unspecified atom stereocenters. The largest absolute Gasteiger partial charge is 0.396 e. The molecule has 0 atom stereocenters. The third kappa shape index (κ3) is 12.8. The van der Waals surface area contributed by atoms with Crippen LogP contribution in [0.1, 0.15) is 25.7 Å². The van der Waals surface area contributed by atoms with Crippen molar-refractivity contribution in [2.24, 2.45) is 0 Å². The van der Waals surface area contributed by atoms with Crippen molar-refractivity contribution in [3.63, 3.8) is 0 Å². The molecule has 0 radical (unpaired) electrons. The highest BCUT2D eigenvalue weighted by Gasteiger charge is 1.87. The van der Waals surface area contributed by atoms with Gasteiger partial charge in [0.05, 0.1) is 0 Å². The predicted molar refractivity (Wildman–Crippen MR) is 52.8 cm³/mol. The Bertz CT molecular complexity index is 66.1. The fraction of sp³-hybridized carbons (Fsp3) is 1.00. The van der Waals surface area contributed by atoms with Gasteiger partial charge in [0, 0.05) is 13.2 Å². The van der Waals surface area contributed by atoms with E-state index in [0.717, 1.165) is 38.8 Å². The zero-order valence-electron chi connectivity index (χ0n) is 7.46. The summed E-state index contributed by atoms with van der Waals surface area (Å²) in [6, 6.07) is 0.